The Balaban J connectivity index is 2.44. The summed E-state index contributed by atoms with van der Waals surface area (Å²) in [6, 6.07) is 6.27. The van der Waals surface area contributed by atoms with Crippen LogP contribution in [0, 0.1) is 6.92 Å². The molecule has 8 heteroatoms. The van der Waals surface area contributed by atoms with Crippen molar-refractivity contribution in [2.75, 3.05) is 10.5 Å². The van der Waals surface area contributed by atoms with Crippen molar-refractivity contribution in [3.8, 4) is 0 Å². The average Bonchev–Trinajstić information content (AvgIpc) is 2.27. The van der Waals surface area contributed by atoms with Crippen LogP contribution in [-0.2, 0) is 10.0 Å². The highest BCUT2D eigenvalue weighted by Crippen LogP contribution is 2.24. The van der Waals surface area contributed by atoms with Gasteiger partial charge in [-0.2, -0.15) is 4.98 Å². The van der Waals surface area contributed by atoms with E-state index in [1.807, 2.05) is 0 Å². The van der Waals surface area contributed by atoms with Crippen molar-refractivity contribution in [1.29, 1.82) is 0 Å². The summed E-state index contributed by atoms with van der Waals surface area (Å²) in [4.78, 5) is 7.47. The standard InChI is InChI=1S/C11H11ClN4O2S/c1-7-3-2-4-8(13)10(7)19(17,18)16-9-5-6-14-11(12)15-9/h2-6H,13H2,1H3,(H,14,15,16). The van der Waals surface area contributed by atoms with Gasteiger partial charge in [-0.25, -0.2) is 13.4 Å². The van der Waals surface area contributed by atoms with E-state index in [0.29, 0.717) is 5.56 Å². The molecule has 1 aromatic heterocycles. The maximum atomic E-state index is 12.3. The first-order valence-electron chi connectivity index (χ1n) is 5.26. The number of rotatable bonds is 3. The molecule has 0 fully saturated rings. The van der Waals surface area contributed by atoms with Gasteiger partial charge in [0.25, 0.3) is 10.0 Å². The quantitative estimate of drug-likeness (QED) is 0.665. The van der Waals surface area contributed by atoms with E-state index < -0.39 is 10.0 Å². The average molecular weight is 299 g/mol. The molecule has 0 spiro atoms. The third-order valence-electron chi connectivity index (χ3n) is 2.38. The lowest BCUT2D eigenvalue weighted by atomic mass is 10.2. The Kier molecular flexibility index (Phi) is 3.59. The lowest BCUT2D eigenvalue weighted by molar-refractivity contribution is 0.601. The number of nitrogens with one attached hydrogen (secondary N) is 1. The molecule has 2 rings (SSSR count). The molecule has 1 aromatic carbocycles. The highest BCUT2D eigenvalue weighted by Gasteiger charge is 2.20. The van der Waals surface area contributed by atoms with Crippen LogP contribution >= 0.6 is 11.6 Å². The first-order valence-corrected chi connectivity index (χ1v) is 7.13. The molecule has 0 bridgehead atoms. The van der Waals surface area contributed by atoms with Crippen molar-refractivity contribution in [1.82, 2.24) is 9.97 Å². The van der Waals surface area contributed by atoms with E-state index in [2.05, 4.69) is 14.7 Å². The number of benzene rings is 1. The number of hydrogen-bond donors (Lipinski definition) is 2. The van der Waals surface area contributed by atoms with Crippen molar-refractivity contribution in [2.45, 2.75) is 11.8 Å². The van der Waals surface area contributed by atoms with Crippen LogP contribution in [0.4, 0.5) is 11.5 Å². The van der Waals surface area contributed by atoms with Gasteiger partial charge < -0.3 is 5.73 Å². The van der Waals surface area contributed by atoms with Crippen LogP contribution in [0.15, 0.2) is 35.4 Å². The van der Waals surface area contributed by atoms with E-state index in [4.69, 9.17) is 17.3 Å². The number of anilines is 2. The van der Waals surface area contributed by atoms with Crippen LogP contribution in [-0.4, -0.2) is 18.4 Å². The van der Waals surface area contributed by atoms with E-state index in [1.54, 1.807) is 19.1 Å². The normalized spacial score (nSPS) is 11.3. The molecule has 0 saturated carbocycles. The predicted octanol–water partition coefficient (Wildman–Crippen LogP) is 1.82. The van der Waals surface area contributed by atoms with Gasteiger partial charge in [0.1, 0.15) is 10.7 Å². The summed E-state index contributed by atoms with van der Waals surface area (Å²) in [5.41, 5.74) is 6.44. The van der Waals surface area contributed by atoms with E-state index in [9.17, 15) is 8.42 Å². The lowest BCUT2D eigenvalue weighted by Crippen LogP contribution is -2.17. The second kappa shape index (κ2) is 5.02. The third-order valence-corrected chi connectivity index (χ3v) is 4.13. The number of aromatic nitrogens is 2. The van der Waals surface area contributed by atoms with Crippen LogP contribution in [0.1, 0.15) is 5.56 Å². The van der Waals surface area contributed by atoms with Crippen molar-refractivity contribution in [2.24, 2.45) is 0 Å². The largest absolute Gasteiger partial charge is 0.398 e. The van der Waals surface area contributed by atoms with Crippen molar-refractivity contribution >= 4 is 33.1 Å². The second-order valence-electron chi connectivity index (χ2n) is 3.81. The second-order valence-corrected chi connectivity index (χ2v) is 5.77. The summed E-state index contributed by atoms with van der Waals surface area (Å²) in [5, 5.41) is -0.0436. The lowest BCUT2D eigenvalue weighted by Gasteiger charge is -2.11. The fourth-order valence-corrected chi connectivity index (χ4v) is 3.13. The van der Waals surface area contributed by atoms with Gasteiger partial charge in [0.05, 0.1) is 5.69 Å². The zero-order chi connectivity index (χ0) is 14.0. The summed E-state index contributed by atoms with van der Waals surface area (Å²) < 4.78 is 26.8. The molecular formula is C11H11ClN4O2S. The molecular weight excluding hydrogens is 288 g/mol. The molecule has 0 aliphatic carbocycles. The number of nitrogens with two attached hydrogens (primary N) is 1. The van der Waals surface area contributed by atoms with Gasteiger partial charge in [0, 0.05) is 6.20 Å². The third kappa shape index (κ3) is 2.94. The maximum Gasteiger partial charge on any atom is 0.265 e. The van der Waals surface area contributed by atoms with E-state index >= 15 is 0 Å². The minimum Gasteiger partial charge on any atom is -0.398 e. The van der Waals surface area contributed by atoms with E-state index in [1.165, 1.54) is 18.3 Å². The Morgan fingerprint density at radius 1 is 1.32 bits per heavy atom. The summed E-state index contributed by atoms with van der Waals surface area (Å²) >= 11 is 5.60. The zero-order valence-electron chi connectivity index (χ0n) is 9.96. The fraction of sp³-hybridized carbons (Fsp3) is 0.0909. The van der Waals surface area contributed by atoms with Gasteiger partial charge in [0.2, 0.25) is 5.28 Å². The smallest absolute Gasteiger partial charge is 0.265 e. The summed E-state index contributed by atoms with van der Waals surface area (Å²) in [5.74, 6) is 0.0858. The Morgan fingerprint density at radius 2 is 2.05 bits per heavy atom. The maximum absolute atomic E-state index is 12.3. The minimum atomic E-state index is -3.82. The Hall–Kier alpha value is -1.86. The molecule has 2 aromatic rings. The summed E-state index contributed by atoms with van der Waals surface area (Å²) in [6.07, 6.45) is 1.36. The zero-order valence-corrected chi connectivity index (χ0v) is 11.5. The SMILES string of the molecule is Cc1cccc(N)c1S(=O)(=O)Nc1ccnc(Cl)n1. The molecule has 1 heterocycles. The topological polar surface area (TPSA) is 98.0 Å². The first-order chi connectivity index (χ1) is 8.90. The summed E-state index contributed by atoms with van der Waals surface area (Å²) in [6.45, 7) is 1.66. The molecule has 0 saturated heterocycles. The van der Waals surface area contributed by atoms with Gasteiger partial charge in [-0.15, -0.1) is 0 Å². The molecule has 0 aliphatic rings. The fourth-order valence-electron chi connectivity index (χ4n) is 1.62. The molecule has 0 radical (unpaired) electrons. The van der Waals surface area contributed by atoms with Gasteiger partial charge in [0.15, 0.2) is 0 Å². The molecule has 3 N–H and O–H groups in total. The number of hydrogen-bond acceptors (Lipinski definition) is 5. The van der Waals surface area contributed by atoms with E-state index in [0.717, 1.165) is 0 Å². The van der Waals surface area contributed by atoms with Crippen LogP contribution in [0.25, 0.3) is 0 Å². The first kappa shape index (κ1) is 13.6. The molecule has 6 nitrogen and oxygen atoms in total. The molecule has 100 valence electrons. The number of aryl methyl sites for hydroxylation is 1. The van der Waals surface area contributed by atoms with Crippen LogP contribution in [0.2, 0.25) is 5.28 Å². The van der Waals surface area contributed by atoms with Crippen molar-refractivity contribution in [3.05, 3.63) is 41.3 Å². The van der Waals surface area contributed by atoms with Gasteiger partial charge in [-0.05, 0) is 36.2 Å². The monoisotopic (exact) mass is 298 g/mol. The van der Waals surface area contributed by atoms with Gasteiger partial charge in [-0.3, -0.25) is 4.72 Å². The van der Waals surface area contributed by atoms with Crippen LogP contribution < -0.4 is 10.5 Å². The van der Waals surface area contributed by atoms with Crippen molar-refractivity contribution < 1.29 is 8.42 Å². The molecule has 0 atom stereocenters. The molecule has 0 aliphatic heterocycles. The molecule has 0 unspecified atom stereocenters. The molecule has 19 heavy (non-hydrogen) atoms. The Bertz CT molecular complexity index is 698. The Labute approximate surface area is 115 Å². The van der Waals surface area contributed by atoms with E-state index in [-0.39, 0.29) is 21.7 Å². The predicted molar refractivity (Wildman–Crippen MR) is 73.4 cm³/mol. The van der Waals surface area contributed by atoms with Crippen molar-refractivity contribution in [3.63, 3.8) is 0 Å². The van der Waals surface area contributed by atoms with Crippen LogP contribution in [0.3, 0.4) is 0 Å². The number of halogens is 1. The van der Waals surface area contributed by atoms with Crippen LogP contribution in [0.5, 0.6) is 0 Å². The summed E-state index contributed by atoms with van der Waals surface area (Å²) in [7, 11) is -3.82. The van der Waals surface area contributed by atoms with Gasteiger partial charge in [-0.1, -0.05) is 12.1 Å². The van der Waals surface area contributed by atoms with Gasteiger partial charge >= 0.3 is 0 Å². The Morgan fingerprint density at radius 3 is 2.68 bits per heavy atom. The number of sulfonamides is 1. The highest BCUT2D eigenvalue weighted by molar-refractivity contribution is 7.93. The highest BCUT2D eigenvalue weighted by atomic mass is 35.5. The number of nitrogens with zero attached hydrogens (tertiary/aromatic N) is 2. The minimum absolute atomic E-state index is 0.0322. The number of nitrogen functional groups attached to an aromatic ring is 1. The molecule has 0 amide bonds.